The van der Waals surface area contributed by atoms with Crippen molar-refractivity contribution in [2.24, 2.45) is 0 Å². The topological polar surface area (TPSA) is 45.5 Å². The van der Waals surface area contributed by atoms with Crippen LogP contribution in [0.4, 0.5) is 0 Å². The Morgan fingerprint density at radius 2 is 1.91 bits per heavy atom. The third-order valence-electron chi connectivity index (χ3n) is 4.21. The van der Waals surface area contributed by atoms with Crippen molar-refractivity contribution in [1.82, 2.24) is 10.2 Å². The van der Waals surface area contributed by atoms with E-state index in [9.17, 15) is 4.79 Å². The largest absolute Gasteiger partial charge is 0.459 e. The van der Waals surface area contributed by atoms with Crippen LogP contribution in [-0.4, -0.2) is 36.5 Å². The molecule has 1 aliphatic rings. The van der Waals surface area contributed by atoms with Gasteiger partial charge in [0.1, 0.15) is 0 Å². The summed E-state index contributed by atoms with van der Waals surface area (Å²) < 4.78 is 5.15. The fraction of sp³-hybridized carbons (Fsp3) is 0.389. The molecule has 22 heavy (non-hydrogen) atoms. The molecule has 0 spiro atoms. The average molecular weight is 298 g/mol. The Hall–Kier alpha value is -2.07. The Morgan fingerprint density at radius 1 is 1.14 bits per heavy atom. The molecular formula is C18H22N2O2. The number of nitrogens with one attached hydrogen (secondary N) is 1. The zero-order chi connectivity index (χ0) is 15.2. The maximum Gasteiger partial charge on any atom is 0.287 e. The lowest BCUT2D eigenvalue weighted by atomic mass is 10.0. The van der Waals surface area contributed by atoms with Crippen molar-refractivity contribution < 1.29 is 9.21 Å². The van der Waals surface area contributed by atoms with Crippen LogP contribution in [0.25, 0.3) is 0 Å². The van der Waals surface area contributed by atoms with Crippen LogP contribution in [0.15, 0.2) is 53.1 Å². The zero-order valence-corrected chi connectivity index (χ0v) is 12.7. The van der Waals surface area contributed by atoms with Crippen LogP contribution in [0.1, 0.15) is 29.0 Å². The SMILES string of the molecule is O=C(NCC(Cc1ccccc1)N1CCCC1)c1ccco1. The number of benzene rings is 1. The van der Waals surface area contributed by atoms with E-state index in [2.05, 4.69) is 34.5 Å². The normalized spacial score (nSPS) is 16.5. The van der Waals surface area contributed by atoms with Gasteiger partial charge in [-0.2, -0.15) is 0 Å². The lowest BCUT2D eigenvalue weighted by Crippen LogP contribution is -2.43. The monoisotopic (exact) mass is 298 g/mol. The number of likely N-dealkylation sites (tertiary alicyclic amines) is 1. The molecule has 1 amide bonds. The molecule has 1 aliphatic heterocycles. The molecule has 1 N–H and O–H groups in total. The Kier molecular flexibility index (Phi) is 4.91. The number of carbonyl (C=O) groups excluding carboxylic acids is 1. The predicted molar refractivity (Wildman–Crippen MR) is 85.8 cm³/mol. The second kappa shape index (κ2) is 7.27. The molecule has 2 aromatic rings. The van der Waals surface area contributed by atoms with Gasteiger partial charge < -0.3 is 9.73 Å². The zero-order valence-electron chi connectivity index (χ0n) is 12.7. The van der Waals surface area contributed by atoms with Gasteiger partial charge in [-0.05, 0) is 50.0 Å². The first-order chi connectivity index (χ1) is 10.8. The molecule has 116 valence electrons. The first kappa shape index (κ1) is 14.9. The maximum atomic E-state index is 12.1. The highest BCUT2D eigenvalue weighted by atomic mass is 16.3. The molecule has 4 heteroatoms. The van der Waals surface area contributed by atoms with Gasteiger partial charge in [0.15, 0.2) is 5.76 Å². The number of amides is 1. The molecule has 0 radical (unpaired) electrons. The van der Waals surface area contributed by atoms with E-state index in [0.717, 1.165) is 19.5 Å². The second-order valence-electron chi connectivity index (χ2n) is 5.77. The smallest absolute Gasteiger partial charge is 0.287 e. The van der Waals surface area contributed by atoms with Crippen molar-refractivity contribution in [3.8, 4) is 0 Å². The van der Waals surface area contributed by atoms with Crippen molar-refractivity contribution in [2.75, 3.05) is 19.6 Å². The summed E-state index contributed by atoms with van der Waals surface area (Å²) in [7, 11) is 0. The van der Waals surface area contributed by atoms with Gasteiger partial charge in [-0.25, -0.2) is 0 Å². The molecular weight excluding hydrogens is 276 g/mol. The summed E-state index contributed by atoms with van der Waals surface area (Å²) in [4.78, 5) is 14.5. The van der Waals surface area contributed by atoms with E-state index in [1.807, 2.05) is 6.07 Å². The van der Waals surface area contributed by atoms with Crippen molar-refractivity contribution >= 4 is 5.91 Å². The van der Waals surface area contributed by atoms with E-state index >= 15 is 0 Å². The number of furan rings is 1. The molecule has 1 aromatic heterocycles. The molecule has 1 fully saturated rings. The number of hydrogen-bond acceptors (Lipinski definition) is 3. The van der Waals surface area contributed by atoms with Crippen LogP contribution in [0, 0.1) is 0 Å². The van der Waals surface area contributed by atoms with E-state index in [4.69, 9.17) is 4.42 Å². The second-order valence-corrected chi connectivity index (χ2v) is 5.77. The molecule has 0 aliphatic carbocycles. The molecule has 0 bridgehead atoms. The number of hydrogen-bond donors (Lipinski definition) is 1. The molecule has 3 rings (SSSR count). The number of carbonyl (C=O) groups is 1. The maximum absolute atomic E-state index is 12.1. The van der Waals surface area contributed by atoms with Crippen LogP contribution >= 0.6 is 0 Å². The van der Waals surface area contributed by atoms with Crippen LogP contribution in [0.2, 0.25) is 0 Å². The van der Waals surface area contributed by atoms with Gasteiger partial charge in [0.2, 0.25) is 0 Å². The van der Waals surface area contributed by atoms with Gasteiger partial charge >= 0.3 is 0 Å². The van der Waals surface area contributed by atoms with Crippen molar-refractivity contribution in [3.05, 3.63) is 60.1 Å². The molecule has 1 saturated heterocycles. The highest BCUT2D eigenvalue weighted by Gasteiger charge is 2.23. The molecule has 1 atom stereocenters. The van der Waals surface area contributed by atoms with Crippen LogP contribution < -0.4 is 5.32 Å². The highest BCUT2D eigenvalue weighted by molar-refractivity contribution is 5.91. The summed E-state index contributed by atoms with van der Waals surface area (Å²) in [5, 5.41) is 3.01. The van der Waals surface area contributed by atoms with Gasteiger partial charge in [0.25, 0.3) is 5.91 Å². The van der Waals surface area contributed by atoms with Gasteiger partial charge in [0.05, 0.1) is 6.26 Å². The van der Waals surface area contributed by atoms with Crippen LogP contribution in [0.3, 0.4) is 0 Å². The number of nitrogens with zero attached hydrogens (tertiary/aromatic N) is 1. The minimum absolute atomic E-state index is 0.137. The predicted octanol–water partition coefficient (Wildman–Crippen LogP) is 2.72. The van der Waals surface area contributed by atoms with E-state index < -0.39 is 0 Å². The third-order valence-corrected chi connectivity index (χ3v) is 4.21. The summed E-state index contributed by atoms with van der Waals surface area (Å²) in [6, 6.07) is 14.2. The Morgan fingerprint density at radius 3 is 2.59 bits per heavy atom. The summed E-state index contributed by atoms with van der Waals surface area (Å²) in [6.07, 6.45) is 4.98. The van der Waals surface area contributed by atoms with E-state index in [-0.39, 0.29) is 5.91 Å². The van der Waals surface area contributed by atoms with Crippen molar-refractivity contribution in [3.63, 3.8) is 0 Å². The first-order valence-corrected chi connectivity index (χ1v) is 7.92. The van der Waals surface area contributed by atoms with Gasteiger partial charge in [-0.15, -0.1) is 0 Å². The molecule has 1 unspecified atom stereocenters. The van der Waals surface area contributed by atoms with Gasteiger partial charge in [-0.3, -0.25) is 9.69 Å². The van der Waals surface area contributed by atoms with E-state index in [1.54, 1.807) is 12.1 Å². The van der Waals surface area contributed by atoms with Crippen molar-refractivity contribution in [2.45, 2.75) is 25.3 Å². The minimum atomic E-state index is -0.137. The third kappa shape index (κ3) is 3.77. The minimum Gasteiger partial charge on any atom is -0.459 e. The van der Waals surface area contributed by atoms with Gasteiger partial charge in [-0.1, -0.05) is 30.3 Å². The summed E-state index contributed by atoms with van der Waals surface area (Å²) in [5.74, 6) is 0.238. The average Bonchev–Trinajstić information content (AvgIpc) is 3.24. The molecule has 1 aromatic carbocycles. The van der Waals surface area contributed by atoms with Crippen molar-refractivity contribution in [1.29, 1.82) is 0 Å². The van der Waals surface area contributed by atoms with E-state index in [0.29, 0.717) is 18.3 Å². The fourth-order valence-electron chi connectivity index (χ4n) is 3.03. The lowest BCUT2D eigenvalue weighted by molar-refractivity contribution is 0.0910. The summed E-state index contributed by atoms with van der Waals surface area (Å²) in [6.45, 7) is 2.89. The Labute approximate surface area is 131 Å². The summed E-state index contributed by atoms with van der Waals surface area (Å²) >= 11 is 0. The lowest BCUT2D eigenvalue weighted by Gasteiger charge is -2.27. The Balaban J connectivity index is 1.62. The van der Waals surface area contributed by atoms with Gasteiger partial charge in [0, 0.05) is 12.6 Å². The van der Waals surface area contributed by atoms with Crippen LogP contribution in [0.5, 0.6) is 0 Å². The first-order valence-electron chi connectivity index (χ1n) is 7.92. The standard InChI is InChI=1S/C18H22N2O2/c21-18(17-9-6-12-22-17)19-14-16(20-10-4-5-11-20)13-15-7-2-1-3-8-15/h1-3,6-9,12,16H,4-5,10-11,13-14H2,(H,19,21). The fourth-order valence-corrected chi connectivity index (χ4v) is 3.03. The Bertz CT molecular complexity index is 574. The highest BCUT2D eigenvalue weighted by Crippen LogP contribution is 2.15. The molecule has 4 nitrogen and oxygen atoms in total. The summed E-state index contributed by atoms with van der Waals surface area (Å²) in [5.41, 5.74) is 1.31. The molecule has 0 saturated carbocycles. The molecule has 2 heterocycles. The number of rotatable bonds is 6. The van der Waals surface area contributed by atoms with Crippen LogP contribution in [-0.2, 0) is 6.42 Å². The quantitative estimate of drug-likeness (QED) is 0.892. The van der Waals surface area contributed by atoms with E-state index in [1.165, 1.54) is 24.7 Å².